The van der Waals surface area contributed by atoms with Gasteiger partial charge in [0.05, 0.1) is 16.1 Å². The van der Waals surface area contributed by atoms with Crippen molar-refractivity contribution in [2.45, 2.75) is 11.8 Å². The van der Waals surface area contributed by atoms with Crippen LogP contribution in [0, 0.1) is 12.7 Å². The molecule has 0 amide bonds. The normalized spacial score (nSPS) is 15.0. The number of rotatable bonds is 0. The van der Waals surface area contributed by atoms with Crippen LogP contribution < -0.4 is 4.72 Å². The monoisotopic (exact) mass is 314 g/mol. The molecule has 0 aliphatic carbocycles. The second-order valence-corrected chi connectivity index (χ2v) is 6.92. The molecule has 0 saturated carbocycles. The molecule has 2 aromatic carbocycles. The van der Waals surface area contributed by atoms with Crippen molar-refractivity contribution in [3.8, 4) is 11.1 Å². The van der Waals surface area contributed by atoms with Crippen molar-refractivity contribution < 1.29 is 12.8 Å². The summed E-state index contributed by atoms with van der Waals surface area (Å²) < 4.78 is 41.5. The lowest BCUT2D eigenvalue weighted by Crippen LogP contribution is -2.19. The molecule has 2 heterocycles. The number of hydrogen-bond acceptors (Lipinski definition) is 3. The molecule has 0 fully saturated rings. The van der Waals surface area contributed by atoms with Crippen LogP contribution in [-0.4, -0.2) is 13.4 Å². The molecule has 1 aromatic heterocycles. The number of benzene rings is 2. The summed E-state index contributed by atoms with van der Waals surface area (Å²) in [6, 6.07) is 9.90. The van der Waals surface area contributed by atoms with Crippen LogP contribution >= 0.6 is 0 Å². The lowest BCUT2D eigenvalue weighted by atomic mass is 9.99. The predicted octanol–water partition coefficient (Wildman–Crippen LogP) is 3.46. The van der Waals surface area contributed by atoms with E-state index in [2.05, 4.69) is 9.71 Å². The van der Waals surface area contributed by atoms with E-state index in [4.69, 9.17) is 0 Å². The minimum absolute atomic E-state index is 0.0918. The third-order valence-electron chi connectivity index (χ3n) is 3.85. The van der Waals surface area contributed by atoms with Gasteiger partial charge in [0.15, 0.2) is 0 Å². The zero-order valence-electron chi connectivity index (χ0n) is 11.6. The predicted molar refractivity (Wildman–Crippen MR) is 82.7 cm³/mol. The summed E-state index contributed by atoms with van der Waals surface area (Å²) in [6.45, 7) is 1.54. The molecule has 0 saturated heterocycles. The summed E-state index contributed by atoms with van der Waals surface area (Å²) in [6.07, 6.45) is 1.60. The van der Waals surface area contributed by atoms with Crippen molar-refractivity contribution in [1.29, 1.82) is 0 Å². The second kappa shape index (κ2) is 4.27. The van der Waals surface area contributed by atoms with Crippen molar-refractivity contribution in [2.75, 3.05) is 4.72 Å². The highest BCUT2D eigenvalue weighted by Crippen LogP contribution is 2.42. The van der Waals surface area contributed by atoms with Crippen molar-refractivity contribution >= 4 is 26.6 Å². The highest BCUT2D eigenvalue weighted by atomic mass is 32.2. The Kier molecular flexibility index (Phi) is 2.56. The third kappa shape index (κ3) is 1.74. The van der Waals surface area contributed by atoms with E-state index in [-0.39, 0.29) is 4.90 Å². The lowest BCUT2D eigenvalue weighted by Gasteiger charge is -2.23. The largest absolute Gasteiger partial charge is 0.277 e. The standard InChI is InChI=1S/C16H11FN2O2S/c1-9-7-14-12(8-13(9)17)11-5-4-10-3-2-6-18-15(10)16(11)19-22(14,20)21/h2-8,19H,1H3. The van der Waals surface area contributed by atoms with Crippen LogP contribution in [0.5, 0.6) is 0 Å². The Bertz CT molecular complexity index is 1050. The summed E-state index contributed by atoms with van der Waals surface area (Å²) >= 11 is 0. The van der Waals surface area contributed by atoms with Crippen molar-refractivity contribution in [3.05, 3.63) is 54.0 Å². The van der Waals surface area contributed by atoms with Crippen molar-refractivity contribution in [2.24, 2.45) is 0 Å². The number of nitrogens with zero attached hydrogens (tertiary/aromatic N) is 1. The molecule has 110 valence electrons. The molecule has 1 N–H and O–H groups in total. The van der Waals surface area contributed by atoms with Crippen LogP contribution in [-0.2, 0) is 10.0 Å². The first kappa shape index (κ1) is 13.2. The van der Waals surface area contributed by atoms with Gasteiger partial charge in [0.1, 0.15) is 5.82 Å². The van der Waals surface area contributed by atoms with Gasteiger partial charge in [-0.2, -0.15) is 0 Å². The Hall–Kier alpha value is -2.47. The fraction of sp³-hybridized carbons (Fsp3) is 0.0625. The first-order valence-electron chi connectivity index (χ1n) is 6.68. The van der Waals surface area contributed by atoms with Gasteiger partial charge in [-0.15, -0.1) is 0 Å². The topological polar surface area (TPSA) is 59.1 Å². The summed E-state index contributed by atoms with van der Waals surface area (Å²) in [4.78, 5) is 4.34. The van der Waals surface area contributed by atoms with Crippen LogP contribution in [0.25, 0.3) is 22.0 Å². The maximum Gasteiger partial charge on any atom is 0.262 e. The number of fused-ring (bicyclic) bond motifs is 5. The molecule has 22 heavy (non-hydrogen) atoms. The van der Waals surface area contributed by atoms with Gasteiger partial charge in [-0.3, -0.25) is 9.71 Å². The quantitative estimate of drug-likeness (QED) is 0.691. The third-order valence-corrected chi connectivity index (χ3v) is 5.24. The van der Waals surface area contributed by atoms with Crippen LogP contribution in [0.4, 0.5) is 10.1 Å². The molecule has 0 radical (unpaired) electrons. The molecular formula is C16H11FN2O2S. The molecule has 0 atom stereocenters. The van der Waals surface area contributed by atoms with E-state index < -0.39 is 15.8 Å². The molecule has 6 heteroatoms. The Labute approximate surface area is 126 Å². The van der Waals surface area contributed by atoms with E-state index in [1.807, 2.05) is 12.1 Å². The minimum atomic E-state index is -3.74. The fourth-order valence-electron chi connectivity index (χ4n) is 2.75. The van der Waals surface area contributed by atoms with Crippen LogP contribution in [0.3, 0.4) is 0 Å². The number of aromatic nitrogens is 1. The van der Waals surface area contributed by atoms with Crippen LogP contribution in [0.2, 0.25) is 0 Å². The van der Waals surface area contributed by atoms with Crippen LogP contribution in [0.15, 0.2) is 47.5 Å². The Morgan fingerprint density at radius 2 is 1.95 bits per heavy atom. The number of nitrogens with one attached hydrogen (secondary N) is 1. The zero-order chi connectivity index (χ0) is 15.5. The highest BCUT2D eigenvalue weighted by Gasteiger charge is 2.30. The molecule has 3 aromatic rings. The summed E-state index contributed by atoms with van der Waals surface area (Å²) in [5, 5.41) is 0.819. The van der Waals surface area contributed by atoms with Gasteiger partial charge in [0.25, 0.3) is 10.0 Å². The molecule has 1 aliphatic rings. The number of anilines is 1. The average Bonchev–Trinajstić information content (AvgIpc) is 2.49. The van der Waals surface area contributed by atoms with E-state index in [0.29, 0.717) is 27.9 Å². The lowest BCUT2D eigenvalue weighted by molar-refractivity contribution is 0.598. The molecule has 0 spiro atoms. The first-order chi connectivity index (χ1) is 10.5. The van der Waals surface area contributed by atoms with Gasteiger partial charge in [0.2, 0.25) is 0 Å². The second-order valence-electron chi connectivity index (χ2n) is 5.27. The highest BCUT2D eigenvalue weighted by molar-refractivity contribution is 7.93. The number of sulfonamides is 1. The molecular weight excluding hydrogens is 303 g/mol. The number of pyridine rings is 1. The number of hydrogen-bond donors (Lipinski definition) is 1. The van der Waals surface area contributed by atoms with Crippen LogP contribution in [0.1, 0.15) is 5.56 Å². The van der Waals surface area contributed by atoms with Crippen molar-refractivity contribution in [1.82, 2.24) is 4.98 Å². The van der Waals surface area contributed by atoms with E-state index in [0.717, 1.165) is 5.39 Å². The van der Waals surface area contributed by atoms with E-state index in [9.17, 15) is 12.8 Å². The first-order valence-corrected chi connectivity index (χ1v) is 8.17. The van der Waals surface area contributed by atoms with Gasteiger partial charge in [-0.1, -0.05) is 18.2 Å². The van der Waals surface area contributed by atoms with E-state index in [1.165, 1.54) is 12.1 Å². The molecule has 4 rings (SSSR count). The smallest absolute Gasteiger partial charge is 0.262 e. The van der Waals surface area contributed by atoms with Gasteiger partial charge in [-0.25, -0.2) is 12.8 Å². The number of halogens is 1. The Morgan fingerprint density at radius 1 is 1.14 bits per heavy atom. The summed E-state index contributed by atoms with van der Waals surface area (Å²) in [5.41, 5.74) is 2.25. The van der Waals surface area contributed by atoms with E-state index in [1.54, 1.807) is 25.3 Å². The molecule has 0 bridgehead atoms. The molecule has 4 nitrogen and oxygen atoms in total. The SMILES string of the molecule is Cc1cc2c(cc1F)-c1ccc3cccnc3c1NS2(=O)=O. The van der Waals surface area contributed by atoms with Gasteiger partial charge < -0.3 is 0 Å². The van der Waals surface area contributed by atoms with Gasteiger partial charge in [0, 0.05) is 22.7 Å². The minimum Gasteiger partial charge on any atom is -0.277 e. The van der Waals surface area contributed by atoms with Crippen molar-refractivity contribution in [3.63, 3.8) is 0 Å². The van der Waals surface area contributed by atoms with Gasteiger partial charge in [-0.05, 0) is 30.7 Å². The summed E-state index contributed by atoms with van der Waals surface area (Å²) in [5.74, 6) is -0.428. The molecule has 1 aliphatic heterocycles. The zero-order valence-corrected chi connectivity index (χ0v) is 12.4. The van der Waals surface area contributed by atoms with E-state index >= 15 is 0 Å². The summed E-state index contributed by atoms with van der Waals surface area (Å²) in [7, 11) is -3.74. The average molecular weight is 314 g/mol. The maximum atomic E-state index is 13.9. The number of aryl methyl sites for hydroxylation is 1. The Balaban J connectivity index is 2.16. The Morgan fingerprint density at radius 3 is 2.77 bits per heavy atom. The fourth-order valence-corrected chi connectivity index (χ4v) is 4.13. The van der Waals surface area contributed by atoms with Gasteiger partial charge >= 0.3 is 0 Å². The maximum absolute atomic E-state index is 13.9. The molecule has 0 unspecified atom stereocenters.